The molecular weight excluding hydrogens is 775 g/mol. The molecule has 0 aromatic rings. The Hall–Kier alpha value is -4.01. The third kappa shape index (κ3) is 41.3. The molecule has 0 aliphatic rings. The second-order valence-electron chi connectivity index (χ2n) is 16.6. The molecule has 0 rings (SSSR count). The minimum atomic E-state index is -0.893. The minimum Gasteiger partial charge on any atom is -0.477 e. The number of allylic oxidation sites excluding steroid dienone is 18. The van der Waals surface area contributed by atoms with Gasteiger partial charge in [0.25, 0.3) is 0 Å². The van der Waals surface area contributed by atoms with Crippen LogP contribution in [-0.4, -0.2) is 80.6 Å². The molecule has 1 N–H and O–H groups in total. The summed E-state index contributed by atoms with van der Waals surface area (Å²) in [5.74, 6) is -1.61. The first-order chi connectivity index (χ1) is 30.1. The number of carbonyl (C=O) groups excluding carboxylic acids is 2. The van der Waals surface area contributed by atoms with Crippen molar-refractivity contribution in [1.82, 2.24) is 0 Å². The van der Waals surface area contributed by atoms with Crippen molar-refractivity contribution in [1.29, 1.82) is 0 Å². The highest BCUT2D eigenvalue weighted by Gasteiger charge is 2.31. The van der Waals surface area contributed by atoms with E-state index in [9.17, 15) is 19.5 Å². The number of esters is 2. The number of carboxylic acid groups (broad SMARTS) is 1. The van der Waals surface area contributed by atoms with Gasteiger partial charge in [-0.25, -0.2) is 4.79 Å². The molecule has 0 saturated heterocycles. The number of aliphatic carboxylic acids is 1. The van der Waals surface area contributed by atoms with Crippen LogP contribution in [0.15, 0.2) is 109 Å². The molecule has 0 amide bonds. The smallest absolute Gasteiger partial charge is 0.362 e. The predicted octanol–water partition coefficient (Wildman–Crippen LogP) is 13.6. The summed E-state index contributed by atoms with van der Waals surface area (Å²) in [6.07, 6.45) is 60.0. The molecule has 0 fully saturated rings. The van der Waals surface area contributed by atoms with Gasteiger partial charge in [0.2, 0.25) is 0 Å². The number of rotatable bonds is 41. The zero-order valence-corrected chi connectivity index (χ0v) is 39.8. The normalized spacial score (nSPS) is 13.9. The first kappa shape index (κ1) is 58.0. The highest BCUT2D eigenvalue weighted by molar-refractivity contribution is 5.72. The van der Waals surface area contributed by atoms with E-state index in [1.54, 1.807) is 0 Å². The number of unbranched alkanes of at least 4 members (excludes halogenated alkanes) is 9. The number of likely N-dealkylation sites (N-methyl/N-ethyl adjacent to an activating group) is 1. The number of nitrogens with zero attached hydrogens (tertiary/aromatic N) is 1. The Balaban J connectivity index is 4.47. The average molecular weight is 863 g/mol. The maximum absolute atomic E-state index is 12.7. The van der Waals surface area contributed by atoms with Crippen LogP contribution in [0.2, 0.25) is 0 Å². The van der Waals surface area contributed by atoms with Gasteiger partial charge in [-0.05, 0) is 89.9 Å². The largest absolute Gasteiger partial charge is 0.477 e. The molecule has 8 heteroatoms. The van der Waals surface area contributed by atoms with Crippen LogP contribution in [0.5, 0.6) is 0 Å². The maximum atomic E-state index is 12.7. The number of hydrogen-bond acceptors (Lipinski definition) is 6. The van der Waals surface area contributed by atoms with Gasteiger partial charge in [-0.3, -0.25) is 9.59 Å². The van der Waals surface area contributed by atoms with Gasteiger partial charge in [0.15, 0.2) is 12.1 Å². The Bertz CT molecular complexity index is 1370. The van der Waals surface area contributed by atoms with E-state index in [1.165, 1.54) is 38.5 Å². The van der Waals surface area contributed by atoms with Gasteiger partial charge in [-0.2, -0.15) is 0 Å². The van der Waals surface area contributed by atoms with Crippen molar-refractivity contribution < 1.29 is 38.2 Å². The predicted molar refractivity (Wildman–Crippen MR) is 261 cm³/mol. The highest BCUT2D eigenvalue weighted by atomic mass is 16.6. The van der Waals surface area contributed by atoms with Crippen LogP contribution in [0.4, 0.5) is 0 Å². The van der Waals surface area contributed by atoms with Crippen molar-refractivity contribution in [3.05, 3.63) is 109 Å². The highest BCUT2D eigenvalue weighted by Crippen LogP contribution is 2.12. The van der Waals surface area contributed by atoms with E-state index in [2.05, 4.69) is 111 Å². The van der Waals surface area contributed by atoms with Gasteiger partial charge in [0, 0.05) is 19.3 Å². The molecule has 2 unspecified atom stereocenters. The molecule has 0 aromatic carbocycles. The van der Waals surface area contributed by atoms with Crippen LogP contribution in [0, 0.1) is 0 Å². The summed E-state index contributed by atoms with van der Waals surface area (Å²) in [5.41, 5.74) is 0. The van der Waals surface area contributed by atoms with Crippen LogP contribution in [-0.2, 0) is 28.6 Å². The fraction of sp³-hybridized carbons (Fsp3) is 0.611. The number of hydrogen-bond donors (Lipinski definition) is 1. The van der Waals surface area contributed by atoms with E-state index < -0.39 is 24.1 Å². The van der Waals surface area contributed by atoms with E-state index in [-0.39, 0.29) is 36.7 Å². The number of carboxylic acids is 1. The van der Waals surface area contributed by atoms with Gasteiger partial charge in [0.05, 0.1) is 34.4 Å². The van der Waals surface area contributed by atoms with Crippen molar-refractivity contribution >= 4 is 17.9 Å². The molecule has 0 aliphatic carbocycles. The second-order valence-corrected chi connectivity index (χ2v) is 16.6. The zero-order chi connectivity index (χ0) is 45.6. The van der Waals surface area contributed by atoms with Crippen molar-refractivity contribution in [2.24, 2.45) is 0 Å². The molecule has 350 valence electrons. The standard InChI is InChI=1S/C54H87NO7/c1-6-8-10-12-14-16-18-20-22-24-26-28-30-32-34-36-38-40-42-44-52(56)61-49-50(48-60-47-46-51(54(58)59)55(3,4)5)62-53(57)45-43-41-39-37-35-33-31-29-27-25-23-21-19-17-15-13-11-9-7-2/h9,11,14-17,20-23,26-29,33,35,39,41,50-51H,6-8,10,12-13,18-19,24-25,30-32,34,36-38,40,42-49H2,1-5H3/p+1/b11-9-,16-14-,17-15-,22-20-,23-21-,28-26-,29-27-,35-33-,41-39-. The molecule has 0 bridgehead atoms. The van der Waals surface area contributed by atoms with Crippen molar-refractivity contribution in [3.8, 4) is 0 Å². The molecule has 62 heavy (non-hydrogen) atoms. The first-order valence-corrected chi connectivity index (χ1v) is 23.9. The van der Waals surface area contributed by atoms with Crippen molar-refractivity contribution in [2.45, 2.75) is 174 Å². The van der Waals surface area contributed by atoms with Crippen molar-refractivity contribution in [2.75, 3.05) is 41.0 Å². The number of carbonyl (C=O) groups is 3. The zero-order valence-electron chi connectivity index (χ0n) is 39.8. The second kappa shape index (κ2) is 43.6. The Morgan fingerprint density at radius 1 is 0.500 bits per heavy atom. The molecule has 0 aromatic heterocycles. The lowest BCUT2D eigenvalue weighted by molar-refractivity contribution is -0.887. The van der Waals surface area contributed by atoms with E-state index in [4.69, 9.17) is 14.2 Å². The minimum absolute atomic E-state index is 0.0190. The Morgan fingerprint density at radius 3 is 1.40 bits per heavy atom. The van der Waals surface area contributed by atoms with Gasteiger partial charge >= 0.3 is 17.9 Å². The van der Waals surface area contributed by atoms with Crippen LogP contribution in [0.1, 0.15) is 162 Å². The van der Waals surface area contributed by atoms with Crippen LogP contribution in [0.3, 0.4) is 0 Å². The molecule has 0 heterocycles. The number of ether oxygens (including phenoxy) is 3. The summed E-state index contributed by atoms with van der Waals surface area (Å²) >= 11 is 0. The van der Waals surface area contributed by atoms with E-state index in [1.807, 2.05) is 33.3 Å². The summed E-state index contributed by atoms with van der Waals surface area (Å²) < 4.78 is 17.2. The summed E-state index contributed by atoms with van der Waals surface area (Å²) in [6.45, 7) is 4.48. The monoisotopic (exact) mass is 863 g/mol. The molecule has 0 saturated carbocycles. The summed E-state index contributed by atoms with van der Waals surface area (Å²) in [4.78, 5) is 37.1. The van der Waals surface area contributed by atoms with Crippen LogP contribution in [0.25, 0.3) is 0 Å². The average Bonchev–Trinajstić information content (AvgIpc) is 3.23. The fourth-order valence-electron chi connectivity index (χ4n) is 6.24. The molecule has 0 spiro atoms. The van der Waals surface area contributed by atoms with Gasteiger partial charge in [-0.15, -0.1) is 0 Å². The Labute approximate surface area is 378 Å². The first-order valence-electron chi connectivity index (χ1n) is 23.9. The SMILES string of the molecule is CC/C=C\C/C=C\C/C=C\C/C=C\C/C=C\C/C=C\CCC(=O)OC(COCCC(C(=O)O)[N+](C)(C)C)COC(=O)CCCCCCCC/C=C\C/C=C\C/C=C\CCCCC. The Kier molecular flexibility index (Phi) is 40.8. The summed E-state index contributed by atoms with van der Waals surface area (Å²) in [6, 6.07) is -0.637. The summed E-state index contributed by atoms with van der Waals surface area (Å²) in [7, 11) is 5.49. The van der Waals surface area contributed by atoms with Gasteiger partial charge < -0.3 is 23.8 Å². The van der Waals surface area contributed by atoms with Gasteiger partial charge in [0.1, 0.15) is 6.61 Å². The molecule has 2 atom stereocenters. The van der Waals surface area contributed by atoms with Crippen molar-refractivity contribution in [3.63, 3.8) is 0 Å². The van der Waals surface area contributed by atoms with Gasteiger partial charge in [-0.1, -0.05) is 162 Å². The lowest BCUT2D eigenvalue weighted by atomic mass is 10.1. The molecule has 0 aliphatic heterocycles. The van der Waals surface area contributed by atoms with Crippen LogP contribution < -0.4 is 0 Å². The molecular formula is C54H88NO7+. The lowest BCUT2D eigenvalue weighted by Crippen LogP contribution is -2.50. The van der Waals surface area contributed by atoms with E-state index >= 15 is 0 Å². The lowest BCUT2D eigenvalue weighted by Gasteiger charge is -2.31. The topological polar surface area (TPSA) is 99.1 Å². The third-order valence-corrected chi connectivity index (χ3v) is 9.92. The number of quaternary nitrogens is 1. The molecule has 8 nitrogen and oxygen atoms in total. The molecule has 0 radical (unpaired) electrons. The maximum Gasteiger partial charge on any atom is 0.362 e. The van der Waals surface area contributed by atoms with Crippen LogP contribution >= 0.6 is 0 Å². The quantitative estimate of drug-likeness (QED) is 0.0283. The third-order valence-electron chi connectivity index (χ3n) is 9.92. The van der Waals surface area contributed by atoms with E-state index in [0.717, 1.165) is 83.5 Å². The fourth-order valence-corrected chi connectivity index (χ4v) is 6.24. The summed E-state index contributed by atoms with van der Waals surface area (Å²) in [5, 5.41) is 9.64. The van der Waals surface area contributed by atoms with E-state index in [0.29, 0.717) is 19.3 Å². The Morgan fingerprint density at radius 2 is 0.935 bits per heavy atom.